The number of carbonyl (C=O) groups is 2. The van der Waals surface area contributed by atoms with E-state index in [1.165, 1.54) is 0 Å². The summed E-state index contributed by atoms with van der Waals surface area (Å²) in [6, 6.07) is -0.926. The van der Waals surface area contributed by atoms with Crippen molar-refractivity contribution in [2.24, 2.45) is 0 Å². The van der Waals surface area contributed by atoms with Gasteiger partial charge in [0.25, 0.3) is 0 Å². The van der Waals surface area contributed by atoms with Crippen LogP contribution in [0.3, 0.4) is 0 Å². The Bertz CT molecular complexity index is 210. The van der Waals surface area contributed by atoms with Crippen LogP contribution in [0, 0.1) is 5.41 Å². The van der Waals surface area contributed by atoms with Gasteiger partial charge in [0.15, 0.2) is 0 Å². The monoisotopic (exact) mass is 170 g/mol. The first-order valence-electron chi connectivity index (χ1n) is 3.58. The second-order valence-electron chi connectivity index (χ2n) is 2.29. The Morgan fingerprint density at radius 3 is 2.33 bits per heavy atom. The summed E-state index contributed by atoms with van der Waals surface area (Å²) in [6.07, 6.45) is 0.288. The maximum Gasteiger partial charge on any atom is 0.327 e. The molecule has 12 heavy (non-hydrogen) atoms. The van der Waals surface area contributed by atoms with Crippen molar-refractivity contribution in [1.29, 1.82) is 5.41 Å². The van der Waals surface area contributed by atoms with Gasteiger partial charge in [0.2, 0.25) is 0 Å². The van der Waals surface area contributed by atoms with Crippen LogP contribution in [0.15, 0.2) is 0 Å². The lowest BCUT2D eigenvalue weighted by atomic mass is 10.4. The summed E-state index contributed by atoms with van der Waals surface area (Å²) in [6.45, 7) is 2.02. The van der Waals surface area contributed by atoms with E-state index in [0.29, 0.717) is 6.54 Å². The minimum Gasteiger partial charge on any atom is -0.312 e. The van der Waals surface area contributed by atoms with Gasteiger partial charge in [-0.2, -0.15) is 0 Å². The average molecular weight is 170 g/mol. The number of carbonyl (C=O) groups excluding carboxylic acids is 2. The van der Waals surface area contributed by atoms with Gasteiger partial charge in [-0.15, -0.1) is 0 Å². The molecule has 3 N–H and O–H groups in total. The normalized spacial score (nSPS) is 18.6. The molecule has 4 amide bonds. The van der Waals surface area contributed by atoms with Crippen LogP contribution in [0.4, 0.5) is 9.59 Å². The van der Waals surface area contributed by atoms with Crippen molar-refractivity contribution in [3.8, 4) is 0 Å². The number of imide groups is 1. The van der Waals surface area contributed by atoms with Crippen molar-refractivity contribution in [3.05, 3.63) is 0 Å². The van der Waals surface area contributed by atoms with Crippen molar-refractivity contribution < 1.29 is 9.59 Å². The number of hydrogen-bond donors (Lipinski definition) is 3. The average Bonchev–Trinajstić information content (AvgIpc) is 2.03. The standard InChI is InChI=1S/C6H10N4O2/c1-2-10-5(11)8-4(3-7)9-6(10)12/h3-4,7H,2H2,1H3,(H,8,11)(H,9,12). The summed E-state index contributed by atoms with van der Waals surface area (Å²) in [5.41, 5.74) is 0. The fourth-order valence-electron chi connectivity index (χ4n) is 0.921. The zero-order valence-corrected chi connectivity index (χ0v) is 6.63. The summed E-state index contributed by atoms with van der Waals surface area (Å²) < 4.78 is 0. The van der Waals surface area contributed by atoms with Crippen LogP contribution in [0.2, 0.25) is 0 Å². The minimum atomic E-state index is -0.673. The third kappa shape index (κ3) is 1.36. The Labute approximate surface area is 69.4 Å². The molecular weight excluding hydrogens is 160 g/mol. The van der Waals surface area contributed by atoms with Gasteiger partial charge in [-0.25, -0.2) is 14.5 Å². The summed E-state index contributed by atoms with van der Waals surface area (Å²) in [7, 11) is 0. The number of rotatable bonds is 2. The highest BCUT2D eigenvalue weighted by atomic mass is 16.2. The second-order valence-corrected chi connectivity index (χ2v) is 2.29. The number of urea groups is 2. The van der Waals surface area contributed by atoms with Gasteiger partial charge in [-0.3, -0.25) is 0 Å². The first-order valence-corrected chi connectivity index (χ1v) is 3.58. The maximum absolute atomic E-state index is 11.1. The van der Waals surface area contributed by atoms with Crippen LogP contribution in [-0.2, 0) is 0 Å². The van der Waals surface area contributed by atoms with Gasteiger partial charge in [0.05, 0.1) is 0 Å². The van der Waals surface area contributed by atoms with Gasteiger partial charge in [0.1, 0.15) is 6.17 Å². The van der Waals surface area contributed by atoms with E-state index in [2.05, 4.69) is 10.6 Å². The quantitative estimate of drug-likeness (QED) is 0.498. The molecule has 0 aliphatic carbocycles. The summed E-state index contributed by atoms with van der Waals surface area (Å²) in [5.74, 6) is 0. The molecule has 0 aromatic carbocycles. The third-order valence-corrected chi connectivity index (χ3v) is 1.53. The molecule has 66 valence electrons. The van der Waals surface area contributed by atoms with Crippen LogP contribution in [0.1, 0.15) is 6.92 Å². The lowest BCUT2D eigenvalue weighted by molar-refractivity contribution is 0.173. The lowest BCUT2D eigenvalue weighted by Gasteiger charge is -2.29. The van der Waals surface area contributed by atoms with Crippen molar-refractivity contribution >= 4 is 18.3 Å². The molecule has 0 unspecified atom stereocenters. The predicted molar refractivity (Wildman–Crippen MR) is 42.0 cm³/mol. The molecule has 1 rings (SSSR count). The van der Waals surface area contributed by atoms with E-state index in [1.807, 2.05) is 0 Å². The van der Waals surface area contributed by atoms with Gasteiger partial charge in [-0.1, -0.05) is 0 Å². The third-order valence-electron chi connectivity index (χ3n) is 1.53. The van der Waals surface area contributed by atoms with Crippen LogP contribution in [-0.4, -0.2) is 35.9 Å². The maximum atomic E-state index is 11.1. The Kier molecular flexibility index (Phi) is 2.27. The van der Waals surface area contributed by atoms with Crippen molar-refractivity contribution in [3.63, 3.8) is 0 Å². The van der Waals surface area contributed by atoms with Crippen LogP contribution < -0.4 is 10.6 Å². The second kappa shape index (κ2) is 3.21. The van der Waals surface area contributed by atoms with E-state index in [-0.39, 0.29) is 0 Å². The molecule has 0 radical (unpaired) electrons. The summed E-state index contributed by atoms with van der Waals surface area (Å²) >= 11 is 0. The highest BCUT2D eigenvalue weighted by molar-refractivity contribution is 5.98. The molecule has 0 bridgehead atoms. The highest BCUT2D eigenvalue weighted by Gasteiger charge is 2.28. The Hall–Kier alpha value is -1.59. The first-order chi connectivity index (χ1) is 5.69. The molecule has 1 aliphatic rings. The van der Waals surface area contributed by atoms with Crippen molar-refractivity contribution in [2.45, 2.75) is 13.1 Å². The van der Waals surface area contributed by atoms with E-state index in [0.717, 1.165) is 11.1 Å². The van der Waals surface area contributed by atoms with E-state index in [1.54, 1.807) is 6.92 Å². The zero-order valence-electron chi connectivity index (χ0n) is 6.63. The Balaban J connectivity index is 2.69. The molecular formula is C6H10N4O2. The van der Waals surface area contributed by atoms with Crippen molar-refractivity contribution in [2.75, 3.05) is 6.54 Å². The SMILES string of the molecule is CCN1C(=O)NC(C=N)NC1=O. The minimum absolute atomic E-state index is 0.322. The highest BCUT2D eigenvalue weighted by Crippen LogP contribution is 1.96. The molecule has 1 aliphatic heterocycles. The largest absolute Gasteiger partial charge is 0.327 e. The van der Waals surface area contributed by atoms with Gasteiger partial charge >= 0.3 is 12.1 Å². The zero-order chi connectivity index (χ0) is 9.14. The van der Waals surface area contributed by atoms with Crippen LogP contribution in [0.25, 0.3) is 0 Å². The van der Waals surface area contributed by atoms with E-state index < -0.39 is 18.2 Å². The molecule has 6 heteroatoms. The summed E-state index contributed by atoms with van der Waals surface area (Å²) in [5, 5.41) is 11.6. The van der Waals surface area contributed by atoms with E-state index >= 15 is 0 Å². The number of amides is 4. The van der Waals surface area contributed by atoms with E-state index in [4.69, 9.17) is 5.41 Å². The molecule has 0 saturated carbocycles. The Morgan fingerprint density at radius 1 is 1.50 bits per heavy atom. The lowest BCUT2D eigenvalue weighted by Crippen LogP contribution is -2.63. The van der Waals surface area contributed by atoms with Gasteiger partial charge in [-0.05, 0) is 6.92 Å². The number of hydrogen-bond acceptors (Lipinski definition) is 3. The smallest absolute Gasteiger partial charge is 0.312 e. The van der Waals surface area contributed by atoms with E-state index in [9.17, 15) is 9.59 Å². The molecule has 0 atom stereocenters. The topological polar surface area (TPSA) is 85.3 Å². The van der Waals surface area contributed by atoms with Crippen molar-refractivity contribution in [1.82, 2.24) is 15.5 Å². The number of nitrogens with zero attached hydrogens (tertiary/aromatic N) is 1. The molecule has 0 aromatic rings. The Morgan fingerprint density at radius 2 is 2.00 bits per heavy atom. The van der Waals surface area contributed by atoms with Gasteiger partial charge in [0, 0.05) is 12.8 Å². The summed E-state index contributed by atoms with van der Waals surface area (Å²) in [4.78, 5) is 23.1. The van der Waals surface area contributed by atoms with Gasteiger partial charge < -0.3 is 16.0 Å². The molecule has 1 saturated heterocycles. The fourth-order valence-corrected chi connectivity index (χ4v) is 0.921. The fraction of sp³-hybridized carbons (Fsp3) is 0.500. The molecule has 0 spiro atoms. The van der Waals surface area contributed by atoms with Crippen LogP contribution >= 0.6 is 0 Å². The predicted octanol–water partition coefficient (Wildman–Crippen LogP) is -0.283. The van der Waals surface area contributed by atoms with Crippen LogP contribution in [0.5, 0.6) is 0 Å². The first kappa shape index (κ1) is 8.51. The molecule has 1 fully saturated rings. The molecule has 6 nitrogen and oxygen atoms in total. The molecule has 1 heterocycles. The molecule has 0 aromatic heterocycles. The number of nitrogens with one attached hydrogen (secondary N) is 3.